The topological polar surface area (TPSA) is 78.9 Å². The third-order valence-corrected chi connectivity index (χ3v) is 12.9. The minimum Gasteiger partial charge on any atom is -0.462 e. The maximum atomic E-state index is 12.9. The second-order valence-corrected chi connectivity index (χ2v) is 19.9. The highest BCUT2D eigenvalue weighted by Gasteiger charge is 2.19. The molecule has 0 saturated carbocycles. The van der Waals surface area contributed by atoms with Crippen LogP contribution in [-0.4, -0.2) is 37.2 Å². The van der Waals surface area contributed by atoms with E-state index in [4.69, 9.17) is 14.2 Å². The number of hydrogen-bond acceptors (Lipinski definition) is 6. The molecule has 1 unspecified atom stereocenters. The van der Waals surface area contributed by atoms with Gasteiger partial charge in [-0.3, -0.25) is 14.4 Å². The molecule has 6 nitrogen and oxygen atoms in total. The molecule has 0 aromatic heterocycles. The van der Waals surface area contributed by atoms with Gasteiger partial charge in [-0.25, -0.2) is 0 Å². The molecule has 0 rings (SSSR count). The molecule has 0 aromatic carbocycles. The molecule has 0 N–H and O–H groups in total. The van der Waals surface area contributed by atoms with E-state index in [9.17, 15) is 14.4 Å². The Bertz CT molecular complexity index is 1370. The van der Waals surface area contributed by atoms with Crippen molar-refractivity contribution < 1.29 is 28.6 Å². The molecule has 0 aliphatic rings. The first-order valence-electron chi connectivity index (χ1n) is 30.1. The van der Waals surface area contributed by atoms with Gasteiger partial charge in [0.25, 0.3) is 0 Å². The first kappa shape index (κ1) is 67.6. The molecule has 408 valence electrons. The zero-order chi connectivity index (χ0) is 51.4. The van der Waals surface area contributed by atoms with E-state index in [1.165, 1.54) is 128 Å². The summed E-state index contributed by atoms with van der Waals surface area (Å²) < 4.78 is 16.9. The summed E-state index contributed by atoms with van der Waals surface area (Å²) in [7, 11) is 0. The number of unbranched alkanes of at least 4 members (excludes halogenated alkanes) is 29. The van der Waals surface area contributed by atoms with Gasteiger partial charge >= 0.3 is 17.9 Å². The molecule has 0 radical (unpaired) electrons. The number of ether oxygens (including phenoxy) is 3. The normalized spacial score (nSPS) is 12.7. The summed E-state index contributed by atoms with van der Waals surface area (Å²) >= 11 is 0. The SMILES string of the molecule is CC/C=C\C/C=C\C/C=C\C/C=C\C/C=C\C/C=C\CCCCCCC(=O)OCC(COC(=O)CCCCCCCCCCCCCCCCC)OC(=O)CCCCCCC/C=C\CCCCCCCC. The Morgan fingerprint density at radius 1 is 0.296 bits per heavy atom. The molecule has 0 fully saturated rings. The van der Waals surface area contributed by atoms with E-state index in [2.05, 4.69) is 106 Å². The van der Waals surface area contributed by atoms with Crippen LogP contribution < -0.4 is 0 Å². The van der Waals surface area contributed by atoms with E-state index >= 15 is 0 Å². The summed E-state index contributed by atoms with van der Waals surface area (Å²) in [6.45, 7) is 6.52. The van der Waals surface area contributed by atoms with Gasteiger partial charge < -0.3 is 14.2 Å². The molecule has 6 heteroatoms. The highest BCUT2D eigenvalue weighted by atomic mass is 16.6. The van der Waals surface area contributed by atoms with Gasteiger partial charge in [-0.1, -0.05) is 260 Å². The molecule has 71 heavy (non-hydrogen) atoms. The highest BCUT2D eigenvalue weighted by molar-refractivity contribution is 5.71. The minimum atomic E-state index is -0.791. The van der Waals surface area contributed by atoms with Crippen molar-refractivity contribution in [3.63, 3.8) is 0 Å². The van der Waals surface area contributed by atoms with Crippen LogP contribution in [0.5, 0.6) is 0 Å². The molecule has 0 amide bonds. The second kappa shape index (κ2) is 59.2. The zero-order valence-corrected chi connectivity index (χ0v) is 46.7. The van der Waals surface area contributed by atoms with Crippen molar-refractivity contribution in [2.24, 2.45) is 0 Å². The number of rotatable bonds is 54. The van der Waals surface area contributed by atoms with Gasteiger partial charge in [0.05, 0.1) is 0 Å². The van der Waals surface area contributed by atoms with Crippen LogP contribution in [0.3, 0.4) is 0 Å². The van der Waals surface area contributed by atoms with Crippen LogP contribution in [0.1, 0.15) is 290 Å². The molecule has 0 bridgehead atoms. The van der Waals surface area contributed by atoms with Gasteiger partial charge in [-0.15, -0.1) is 0 Å². The van der Waals surface area contributed by atoms with Gasteiger partial charge in [-0.05, 0) is 96.3 Å². The Labute approximate surface area is 439 Å². The summed E-state index contributed by atoms with van der Waals surface area (Å²) in [6, 6.07) is 0. The Hall–Kier alpha value is -3.41. The Balaban J connectivity index is 4.41. The van der Waals surface area contributed by atoms with Crippen molar-refractivity contribution in [1.29, 1.82) is 0 Å². The Morgan fingerprint density at radius 3 is 0.873 bits per heavy atom. The maximum Gasteiger partial charge on any atom is 0.306 e. The molecule has 0 aliphatic carbocycles. The molecule has 1 atom stereocenters. The van der Waals surface area contributed by atoms with Gasteiger partial charge in [0.2, 0.25) is 0 Å². The molecular formula is C65H112O6. The monoisotopic (exact) mass is 989 g/mol. The van der Waals surface area contributed by atoms with E-state index in [1.807, 2.05) is 0 Å². The highest BCUT2D eigenvalue weighted by Crippen LogP contribution is 2.16. The van der Waals surface area contributed by atoms with Crippen molar-refractivity contribution in [2.45, 2.75) is 297 Å². The average Bonchev–Trinajstić information content (AvgIpc) is 3.37. The molecule has 0 heterocycles. The fraction of sp³-hybridized carbons (Fsp3) is 0.738. The van der Waals surface area contributed by atoms with Crippen molar-refractivity contribution in [1.82, 2.24) is 0 Å². The number of carbonyl (C=O) groups excluding carboxylic acids is 3. The largest absolute Gasteiger partial charge is 0.462 e. The molecule has 0 aromatic rings. The van der Waals surface area contributed by atoms with Crippen LogP contribution >= 0.6 is 0 Å². The summed E-state index contributed by atoms with van der Waals surface area (Å²) in [5.41, 5.74) is 0. The van der Waals surface area contributed by atoms with Crippen LogP contribution in [0.25, 0.3) is 0 Å². The summed E-state index contributed by atoms with van der Waals surface area (Å²) in [6.07, 6.45) is 77.1. The van der Waals surface area contributed by atoms with E-state index in [0.717, 1.165) is 122 Å². The maximum absolute atomic E-state index is 12.9. The van der Waals surface area contributed by atoms with Gasteiger partial charge in [-0.2, -0.15) is 0 Å². The number of carbonyl (C=O) groups is 3. The standard InChI is InChI=1S/C65H112O6/c1-4-7-10-13-16-19-22-25-28-29-30-31-32-33-34-35-38-40-43-46-49-52-55-58-64(67)70-61-62(71-65(68)59-56-53-50-47-44-41-37-27-24-21-18-15-12-9-6-3)60-69-63(66)57-54-51-48-45-42-39-36-26-23-20-17-14-11-8-5-2/h7,10,16,19,25,27-28,30-31,33-34,37-38,40,62H,4-6,8-9,11-15,17-18,20-24,26,29,32,35-36,39,41-61H2,1-3H3/b10-7-,19-16-,28-25-,31-30-,34-33-,37-27-,40-38-. The van der Waals surface area contributed by atoms with Crippen LogP contribution in [0.2, 0.25) is 0 Å². The predicted molar refractivity (Wildman–Crippen MR) is 307 cm³/mol. The van der Waals surface area contributed by atoms with Gasteiger partial charge in [0.15, 0.2) is 6.10 Å². The van der Waals surface area contributed by atoms with Gasteiger partial charge in [0.1, 0.15) is 13.2 Å². The first-order chi connectivity index (χ1) is 35.0. The van der Waals surface area contributed by atoms with Crippen molar-refractivity contribution in [3.05, 3.63) is 85.1 Å². The molecule has 0 spiro atoms. The number of hydrogen-bond donors (Lipinski definition) is 0. The average molecular weight is 990 g/mol. The van der Waals surface area contributed by atoms with Crippen molar-refractivity contribution in [2.75, 3.05) is 13.2 Å². The first-order valence-corrected chi connectivity index (χ1v) is 30.1. The summed E-state index contributed by atoms with van der Waals surface area (Å²) in [4.78, 5) is 38.2. The quantitative estimate of drug-likeness (QED) is 0.0261. The number of allylic oxidation sites excluding steroid dienone is 14. The van der Waals surface area contributed by atoms with Crippen LogP contribution in [0, 0.1) is 0 Å². The van der Waals surface area contributed by atoms with Gasteiger partial charge in [0, 0.05) is 19.3 Å². The molecule has 0 aliphatic heterocycles. The lowest BCUT2D eigenvalue weighted by molar-refractivity contribution is -0.167. The minimum absolute atomic E-state index is 0.0857. The Morgan fingerprint density at radius 2 is 0.549 bits per heavy atom. The van der Waals surface area contributed by atoms with E-state index in [0.29, 0.717) is 19.3 Å². The van der Waals surface area contributed by atoms with Crippen LogP contribution in [0.4, 0.5) is 0 Å². The summed E-state index contributed by atoms with van der Waals surface area (Å²) in [5, 5.41) is 0. The van der Waals surface area contributed by atoms with Crippen molar-refractivity contribution in [3.8, 4) is 0 Å². The fourth-order valence-corrected chi connectivity index (χ4v) is 8.38. The lowest BCUT2D eigenvalue weighted by Gasteiger charge is -2.18. The summed E-state index contributed by atoms with van der Waals surface area (Å²) in [5.74, 6) is -0.910. The number of esters is 3. The Kier molecular flexibility index (Phi) is 56.3. The molecule has 0 saturated heterocycles. The third kappa shape index (κ3) is 57.4. The lowest BCUT2D eigenvalue weighted by atomic mass is 10.0. The predicted octanol–water partition coefficient (Wildman–Crippen LogP) is 20.3. The second-order valence-electron chi connectivity index (χ2n) is 19.9. The van der Waals surface area contributed by atoms with Crippen LogP contribution in [-0.2, 0) is 28.6 Å². The smallest absolute Gasteiger partial charge is 0.306 e. The van der Waals surface area contributed by atoms with E-state index in [1.54, 1.807) is 0 Å². The van der Waals surface area contributed by atoms with Crippen molar-refractivity contribution >= 4 is 17.9 Å². The lowest BCUT2D eigenvalue weighted by Crippen LogP contribution is -2.30. The fourth-order valence-electron chi connectivity index (χ4n) is 8.38. The zero-order valence-electron chi connectivity index (χ0n) is 46.7. The van der Waals surface area contributed by atoms with Crippen LogP contribution in [0.15, 0.2) is 85.1 Å². The van der Waals surface area contributed by atoms with E-state index < -0.39 is 6.10 Å². The third-order valence-electron chi connectivity index (χ3n) is 12.9. The van der Waals surface area contributed by atoms with E-state index in [-0.39, 0.29) is 31.1 Å². The molecular weight excluding hydrogens is 877 g/mol.